The summed E-state index contributed by atoms with van der Waals surface area (Å²) in [5, 5.41) is 20.8. The maximum atomic E-state index is 13.1. The highest BCUT2D eigenvalue weighted by atomic mass is 16.7. The lowest BCUT2D eigenvalue weighted by molar-refractivity contribution is -0.284. The molecule has 0 radical (unpaired) electrons. The van der Waals surface area contributed by atoms with E-state index in [9.17, 15) is 24.6 Å². The summed E-state index contributed by atoms with van der Waals surface area (Å²) >= 11 is 0. The van der Waals surface area contributed by atoms with Crippen LogP contribution in [0.1, 0.15) is 47.8 Å². The van der Waals surface area contributed by atoms with E-state index in [2.05, 4.69) is 0 Å². The minimum absolute atomic E-state index is 0.189. The van der Waals surface area contributed by atoms with Crippen LogP contribution in [-0.2, 0) is 18.9 Å². The second-order valence-electron chi connectivity index (χ2n) is 9.46. The topological polar surface area (TPSA) is 129 Å². The van der Waals surface area contributed by atoms with Crippen LogP contribution in [0.5, 0.6) is 0 Å². The Kier molecular flexibility index (Phi) is 8.75. The predicted octanol–water partition coefficient (Wildman–Crippen LogP) is 3.30. The number of aliphatic hydroxyl groups is 2. The van der Waals surface area contributed by atoms with Gasteiger partial charge in [-0.1, -0.05) is 53.1 Å². The molecule has 4 rings (SSSR count). The number of ether oxygens (including phenoxy) is 4. The van der Waals surface area contributed by atoms with E-state index in [0.717, 1.165) is 16.7 Å². The number of aryl methyl sites for hydroxylation is 3. The third-order valence-corrected chi connectivity index (χ3v) is 6.38. The van der Waals surface area contributed by atoms with Crippen molar-refractivity contribution < 1.29 is 43.5 Å². The summed E-state index contributed by atoms with van der Waals surface area (Å²) in [6.45, 7) is 4.90. The van der Waals surface area contributed by atoms with E-state index in [0.29, 0.717) is 0 Å². The van der Waals surface area contributed by atoms with Crippen molar-refractivity contribution in [1.29, 1.82) is 0 Å². The monoisotopic (exact) mass is 534 g/mol. The van der Waals surface area contributed by atoms with Crippen LogP contribution >= 0.6 is 0 Å². The second-order valence-corrected chi connectivity index (χ2v) is 9.46. The van der Waals surface area contributed by atoms with Crippen LogP contribution in [0.25, 0.3) is 0 Å². The summed E-state index contributed by atoms with van der Waals surface area (Å²) in [6.07, 6.45) is -7.58. The maximum absolute atomic E-state index is 13.1. The highest BCUT2D eigenvalue weighted by Gasteiger charge is 2.52. The number of benzene rings is 3. The molecule has 1 heterocycles. The molecule has 204 valence electrons. The Morgan fingerprint density at radius 3 is 1.31 bits per heavy atom. The molecule has 0 saturated carbocycles. The van der Waals surface area contributed by atoms with Gasteiger partial charge in [0.25, 0.3) is 0 Å². The molecular formula is C30H30O9. The molecule has 0 bridgehead atoms. The first kappa shape index (κ1) is 28.0. The van der Waals surface area contributed by atoms with Crippen molar-refractivity contribution in [3.63, 3.8) is 0 Å². The first-order chi connectivity index (χ1) is 18.7. The van der Waals surface area contributed by atoms with Gasteiger partial charge in [0, 0.05) is 0 Å². The van der Waals surface area contributed by atoms with Gasteiger partial charge in [-0.2, -0.15) is 0 Å². The molecule has 1 fully saturated rings. The van der Waals surface area contributed by atoms with Gasteiger partial charge in [0.1, 0.15) is 6.10 Å². The lowest BCUT2D eigenvalue weighted by atomic mass is 9.97. The molecule has 0 aliphatic carbocycles. The van der Waals surface area contributed by atoms with Gasteiger partial charge in [0.2, 0.25) is 0 Å². The average Bonchev–Trinajstić information content (AvgIpc) is 2.92. The Hall–Kier alpha value is -4.05. The van der Waals surface area contributed by atoms with Crippen LogP contribution in [0.4, 0.5) is 0 Å². The maximum Gasteiger partial charge on any atom is 0.338 e. The number of hydrogen-bond acceptors (Lipinski definition) is 9. The Bertz CT molecular complexity index is 1300. The van der Waals surface area contributed by atoms with E-state index in [1.165, 1.54) is 0 Å². The smallest absolute Gasteiger partial charge is 0.338 e. The highest BCUT2D eigenvalue weighted by molar-refractivity contribution is 5.91. The largest absolute Gasteiger partial charge is 0.452 e. The van der Waals surface area contributed by atoms with Crippen LogP contribution in [0.15, 0.2) is 72.8 Å². The molecular weight excluding hydrogens is 504 g/mol. The fraction of sp³-hybridized carbons (Fsp3) is 0.300. The van der Waals surface area contributed by atoms with E-state index < -0.39 is 55.2 Å². The fourth-order valence-corrected chi connectivity index (χ4v) is 4.09. The number of carbonyl (C=O) groups excluding carboxylic acids is 3. The summed E-state index contributed by atoms with van der Waals surface area (Å²) < 4.78 is 22.4. The van der Waals surface area contributed by atoms with Crippen molar-refractivity contribution in [2.45, 2.75) is 51.5 Å². The lowest BCUT2D eigenvalue weighted by Crippen LogP contribution is -2.62. The number of carbonyl (C=O) groups is 3. The zero-order valence-corrected chi connectivity index (χ0v) is 21.8. The average molecular weight is 535 g/mol. The number of esters is 3. The third-order valence-electron chi connectivity index (χ3n) is 6.38. The molecule has 1 saturated heterocycles. The standard InChI is InChI=1S/C30H30O9/c1-17-4-10-20(11-5-17)27(32)37-24-23(16-31)36-30(35)26(39-29(34)22-14-8-19(3)9-15-22)25(24)38-28(33)21-12-6-18(2)7-13-21/h4-15,23-26,30-31,35H,16H2,1-3H3/t23-,24-,25+,26-,30-/m1/s1. The van der Waals surface area contributed by atoms with Crippen LogP contribution in [-0.4, -0.2) is 65.4 Å². The van der Waals surface area contributed by atoms with E-state index in [-0.39, 0.29) is 16.7 Å². The van der Waals surface area contributed by atoms with Crippen molar-refractivity contribution in [1.82, 2.24) is 0 Å². The van der Waals surface area contributed by atoms with Gasteiger partial charge in [0.15, 0.2) is 24.6 Å². The fourth-order valence-electron chi connectivity index (χ4n) is 4.09. The number of aliphatic hydroxyl groups excluding tert-OH is 2. The molecule has 0 amide bonds. The molecule has 9 nitrogen and oxygen atoms in total. The third kappa shape index (κ3) is 6.69. The van der Waals surface area contributed by atoms with Crippen molar-refractivity contribution in [2.24, 2.45) is 0 Å². The molecule has 0 spiro atoms. The summed E-state index contributed by atoms with van der Waals surface area (Å²) in [6, 6.07) is 19.6. The van der Waals surface area contributed by atoms with Gasteiger partial charge in [-0.15, -0.1) is 0 Å². The van der Waals surface area contributed by atoms with Gasteiger partial charge < -0.3 is 29.2 Å². The molecule has 1 aliphatic heterocycles. The van der Waals surface area contributed by atoms with E-state index in [1.54, 1.807) is 72.8 Å². The first-order valence-electron chi connectivity index (χ1n) is 12.4. The number of rotatable bonds is 7. The van der Waals surface area contributed by atoms with Crippen LogP contribution < -0.4 is 0 Å². The molecule has 0 aromatic heterocycles. The molecule has 3 aromatic carbocycles. The molecule has 0 unspecified atom stereocenters. The molecule has 1 aliphatic rings. The van der Waals surface area contributed by atoms with Crippen molar-refractivity contribution >= 4 is 17.9 Å². The summed E-state index contributed by atoms with van der Waals surface area (Å²) in [7, 11) is 0. The van der Waals surface area contributed by atoms with Gasteiger partial charge >= 0.3 is 17.9 Å². The Morgan fingerprint density at radius 2 is 0.949 bits per heavy atom. The zero-order chi connectivity index (χ0) is 28.1. The lowest BCUT2D eigenvalue weighted by Gasteiger charge is -2.42. The van der Waals surface area contributed by atoms with Crippen molar-refractivity contribution in [3.05, 3.63) is 106 Å². The van der Waals surface area contributed by atoms with Gasteiger partial charge in [-0.25, -0.2) is 14.4 Å². The predicted molar refractivity (Wildman–Crippen MR) is 139 cm³/mol. The molecule has 3 aromatic rings. The van der Waals surface area contributed by atoms with Gasteiger partial charge in [-0.05, 0) is 57.2 Å². The van der Waals surface area contributed by atoms with Crippen LogP contribution in [0, 0.1) is 20.8 Å². The van der Waals surface area contributed by atoms with Gasteiger partial charge in [-0.3, -0.25) is 0 Å². The minimum atomic E-state index is -1.79. The molecule has 9 heteroatoms. The van der Waals surface area contributed by atoms with Crippen molar-refractivity contribution in [2.75, 3.05) is 6.61 Å². The van der Waals surface area contributed by atoms with Crippen LogP contribution in [0.2, 0.25) is 0 Å². The Labute approximate surface area is 225 Å². The Morgan fingerprint density at radius 1 is 0.615 bits per heavy atom. The normalized spacial score (nSPS) is 22.5. The summed E-state index contributed by atoms with van der Waals surface area (Å²) in [5.74, 6) is -2.40. The van der Waals surface area contributed by atoms with E-state index >= 15 is 0 Å². The highest BCUT2D eigenvalue weighted by Crippen LogP contribution is 2.29. The van der Waals surface area contributed by atoms with Crippen molar-refractivity contribution in [3.8, 4) is 0 Å². The van der Waals surface area contributed by atoms with Gasteiger partial charge in [0.05, 0.1) is 23.3 Å². The summed E-state index contributed by atoms with van der Waals surface area (Å²) in [5.41, 5.74) is 3.36. The Balaban J connectivity index is 1.66. The van der Waals surface area contributed by atoms with Crippen LogP contribution in [0.3, 0.4) is 0 Å². The summed E-state index contributed by atoms with van der Waals surface area (Å²) in [4.78, 5) is 39.1. The first-order valence-corrected chi connectivity index (χ1v) is 12.4. The molecule has 2 N–H and O–H groups in total. The molecule has 39 heavy (non-hydrogen) atoms. The van der Waals surface area contributed by atoms with E-state index in [4.69, 9.17) is 18.9 Å². The molecule has 5 atom stereocenters. The SMILES string of the molecule is Cc1ccc(C(=O)O[C@@H]2[C@@H](OC(=O)c3ccc(C)cc3)[C@H](O)O[C@H](CO)[C@H]2OC(=O)c2ccc(C)cc2)cc1. The second kappa shape index (κ2) is 12.2. The quantitative estimate of drug-likeness (QED) is 0.347. The van der Waals surface area contributed by atoms with E-state index in [1.807, 2.05) is 20.8 Å². The number of hydrogen-bond donors (Lipinski definition) is 2. The zero-order valence-electron chi connectivity index (χ0n) is 21.8. The minimum Gasteiger partial charge on any atom is -0.452 e.